The van der Waals surface area contributed by atoms with Crippen LogP contribution < -0.4 is 4.74 Å². The average Bonchev–Trinajstić information content (AvgIpc) is 2.84. The Balaban J connectivity index is 2.12. The van der Waals surface area contributed by atoms with Crippen LogP contribution in [0.2, 0.25) is 0 Å². The van der Waals surface area contributed by atoms with E-state index in [1.54, 1.807) is 12.1 Å². The quantitative estimate of drug-likeness (QED) is 0.922. The minimum atomic E-state index is -5.04. The van der Waals surface area contributed by atoms with E-state index >= 15 is 0 Å². The molecule has 0 radical (unpaired) electrons. The molecule has 0 amide bonds. The van der Waals surface area contributed by atoms with E-state index < -0.39 is 33.6 Å². The molecule has 1 aliphatic heterocycles. The number of benzene rings is 2. The van der Waals surface area contributed by atoms with E-state index in [0.29, 0.717) is 0 Å². The van der Waals surface area contributed by atoms with Crippen molar-refractivity contribution >= 4 is 10.8 Å². The summed E-state index contributed by atoms with van der Waals surface area (Å²) in [6.07, 6.45) is -5.04. The van der Waals surface area contributed by atoms with E-state index in [-0.39, 0.29) is 10.6 Å². The molecule has 0 fully saturated rings. The lowest BCUT2D eigenvalue weighted by atomic mass is 9.93. The van der Waals surface area contributed by atoms with Crippen LogP contribution in [0.15, 0.2) is 59.5 Å². The van der Waals surface area contributed by atoms with Crippen molar-refractivity contribution in [3.63, 3.8) is 0 Å². The number of hydrogen-bond donors (Lipinski definition) is 1. The highest BCUT2D eigenvalue weighted by molar-refractivity contribution is 7.86. The summed E-state index contributed by atoms with van der Waals surface area (Å²) in [5.41, 5.74) is -5.72. The first-order chi connectivity index (χ1) is 10.4. The Kier molecular flexibility index (Phi) is 3.49. The highest BCUT2D eigenvalue weighted by Crippen LogP contribution is 2.48. The van der Waals surface area contributed by atoms with Gasteiger partial charge in [0.25, 0.3) is 0 Å². The summed E-state index contributed by atoms with van der Waals surface area (Å²) < 4.78 is 58.3. The van der Waals surface area contributed by atoms with Gasteiger partial charge in [0.2, 0.25) is 11.0 Å². The first-order valence-electron chi connectivity index (χ1n) is 6.36. The predicted octanol–water partition coefficient (Wildman–Crippen LogP) is 2.96. The molecule has 0 aromatic heterocycles. The van der Waals surface area contributed by atoms with Gasteiger partial charge in [-0.15, -0.1) is 0 Å². The number of halogens is 3. The van der Waals surface area contributed by atoms with Crippen molar-refractivity contribution in [2.75, 3.05) is 0 Å². The van der Waals surface area contributed by atoms with Gasteiger partial charge in [0, 0.05) is 0 Å². The van der Waals surface area contributed by atoms with Crippen LogP contribution in [0.25, 0.3) is 0 Å². The molecular weight excluding hydrogens is 317 g/mol. The molecule has 22 heavy (non-hydrogen) atoms. The predicted molar refractivity (Wildman–Crippen MR) is 73.7 cm³/mol. The molecule has 1 aliphatic rings. The van der Waals surface area contributed by atoms with Crippen molar-refractivity contribution in [2.24, 2.45) is 0 Å². The number of alkyl halides is 3. The number of para-hydroxylation sites is 1. The van der Waals surface area contributed by atoms with E-state index in [2.05, 4.69) is 0 Å². The van der Waals surface area contributed by atoms with Crippen LogP contribution in [-0.2, 0) is 16.4 Å². The first-order valence-corrected chi connectivity index (χ1v) is 7.58. The van der Waals surface area contributed by atoms with Crippen LogP contribution in [-0.4, -0.2) is 20.9 Å². The van der Waals surface area contributed by atoms with Gasteiger partial charge in [-0.3, -0.25) is 4.21 Å². The first kappa shape index (κ1) is 15.1. The van der Waals surface area contributed by atoms with Crippen LogP contribution in [0, 0.1) is 0 Å². The number of ether oxygens (including phenoxy) is 1. The van der Waals surface area contributed by atoms with Gasteiger partial charge in [-0.05, 0) is 17.7 Å². The van der Waals surface area contributed by atoms with Gasteiger partial charge in [-0.2, -0.15) is 13.2 Å². The maximum Gasteiger partial charge on any atom is 0.426 e. The van der Waals surface area contributed by atoms with Gasteiger partial charge in [0.05, 0.1) is 4.90 Å². The maximum atomic E-state index is 13.6. The second-order valence-corrected chi connectivity index (χ2v) is 6.29. The van der Waals surface area contributed by atoms with Gasteiger partial charge in [-0.25, -0.2) is 0 Å². The Morgan fingerprint density at radius 1 is 1.00 bits per heavy atom. The molecule has 0 saturated heterocycles. The van der Waals surface area contributed by atoms with Gasteiger partial charge >= 0.3 is 6.18 Å². The third-order valence-electron chi connectivity index (χ3n) is 3.48. The summed E-state index contributed by atoms with van der Waals surface area (Å²) in [7, 11) is -2.14. The molecule has 3 atom stereocenters. The lowest BCUT2D eigenvalue weighted by Gasteiger charge is -2.34. The Morgan fingerprint density at radius 3 is 2.18 bits per heavy atom. The molecule has 3 rings (SSSR count). The molecule has 3 nitrogen and oxygen atoms in total. The topological polar surface area (TPSA) is 46.5 Å². The van der Waals surface area contributed by atoms with Crippen LogP contribution in [0.4, 0.5) is 13.2 Å². The van der Waals surface area contributed by atoms with Crippen molar-refractivity contribution in [3.05, 3.63) is 60.2 Å². The van der Waals surface area contributed by atoms with Crippen molar-refractivity contribution in [1.29, 1.82) is 0 Å². The third-order valence-corrected chi connectivity index (χ3v) is 5.08. The molecular formula is C15H11F3O3S. The summed E-state index contributed by atoms with van der Waals surface area (Å²) in [5.74, 6) is 0.0874. The fourth-order valence-corrected chi connectivity index (χ4v) is 3.88. The van der Waals surface area contributed by atoms with Gasteiger partial charge in [-0.1, -0.05) is 42.5 Å². The Labute approximate surface area is 126 Å². The highest BCUT2D eigenvalue weighted by Gasteiger charge is 2.65. The van der Waals surface area contributed by atoms with Crippen LogP contribution in [0.5, 0.6) is 5.75 Å². The van der Waals surface area contributed by atoms with Crippen molar-refractivity contribution < 1.29 is 27.2 Å². The summed E-state index contributed by atoms with van der Waals surface area (Å²) >= 11 is 0. The molecule has 1 N–H and O–H groups in total. The van der Waals surface area contributed by atoms with E-state index in [9.17, 15) is 22.5 Å². The Hall–Kier alpha value is -1.86. The van der Waals surface area contributed by atoms with Gasteiger partial charge in [0.1, 0.15) is 16.5 Å². The summed E-state index contributed by atoms with van der Waals surface area (Å²) in [6.45, 7) is 0. The molecule has 7 heteroatoms. The SMILES string of the molecule is O=S1c2ccccc2O[C@H]1[C@@](O)(c1ccccc1)C(F)(F)F. The minimum absolute atomic E-state index is 0.0874. The zero-order valence-corrected chi connectivity index (χ0v) is 11.9. The Morgan fingerprint density at radius 2 is 1.59 bits per heavy atom. The second kappa shape index (κ2) is 5.10. The molecule has 2 aromatic carbocycles. The minimum Gasteiger partial charge on any atom is -0.472 e. The van der Waals surface area contributed by atoms with Gasteiger partial charge < -0.3 is 9.84 Å². The lowest BCUT2D eigenvalue weighted by Crippen LogP contribution is -2.54. The smallest absolute Gasteiger partial charge is 0.426 e. The van der Waals surface area contributed by atoms with Gasteiger partial charge in [0.15, 0.2) is 0 Å². The van der Waals surface area contributed by atoms with Crippen LogP contribution in [0.3, 0.4) is 0 Å². The lowest BCUT2D eigenvalue weighted by molar-refractivity contribution is -0.280. The largest absolute Gasteiger partial charge is 0.472 e. The summed E-state index contributed by atoms with van der Waals surface area (Å²) in [5, 5.41) is 10.4. The number of fused-ring (bicyclic) bond motifs is 1. The molecule has 2 aromatic rings. The summed E-state index contributed by atoms with van der Waals surface area (Å²) in [6, 6.07) is 12.5. The fraction of sp³-hybridized carbons (Fsp3) is 0.200. The molecule has 116 valence electrons. The average molecular weight is 328 g/mol. The molecule has 0 spiro atoms. The number of aliphatic hydroxyl groups is 1. The summed E-state index contributed by atoms with van der Waals surface area (Å²) in [4.78, 5) is 0.145. The zero-order chi connectivity index (χ0) is 16.0. The molecule has 0 saturated carbocycles. The van der Waals surface area contributed by atoms with E-state index in [4.69, 9.17) is 4.74 Å². The van der Waals surface area contributed by atoms with Crippen molar-refractivity contribution in [2.45, 2.75) is 22.1 Å². The zero-order valence-electron chi connectivity index (χ0n) is 11.1. The van der Waals surface area contributed by atoms with Crippen molar-refractivity contribution in [1.82, 2.24) is 0 Å². The highest BCUT2D eigenvalue weighted by atomic mass is 32.2. The van der Waals surface area contributed by atoms with E-state index in [0.717, 1.165) is 12.1 Å². The van der Waals surface area contributed by atoms with Crippen molar-refractivity contribution in [3.8, 4) is 5.75 Å². The standard InChI is InChI=1S/C15H11F3O3S/c16-15(17,18)14(19,10-6-2-1-3-7-10)13-21-11-8-4-5-9-12(11)22(13)20/h1-9,13,19H/t13-,14+,22?/m1/s1. The van der Waals surface area contributed by atoms with Crippen LogP contribution in [0.1, 0.15) is 5.56 Å². The van der Waals surface area contributed by atoms with Crippen LogP contribution >= 0.6 is 0 Å². The molecule has 0 aliphatic carbocycles. The Bertz CT molecular complexity index is 717. The number of rotatable bonds is 2. The number of hydrogen-bond acceptors (Lipinski definition) is 3. The molecule has 1 unspecified atom stereocenters. The van der Waals surface area contributed by atoms with E-state index in [1.807, 2.05) is 0 Å². The monoisotopic (exact) mass is 328 g/mol. The fourth-order valence-electron chi connectivity index (χ4n) is 2.35. The molecule has 1 heterocycles. The maximum absolute atomic E-state index is 13.6. The third kappa shape index (κ3) is 2.12. The normalized spacial score (nSPS) is 23.5. The second-order valence-electron chi connectivity index (χ2n) is 4.82. The van der Waals surface area contributed by atoms with E-state index in [1.165, 1.54) is 30.3 Å². The molecule has 0 bridgehead atoms.